The average Bonchev–Trinajstić information content (AvgIpc) is 3.32. The molecule has 6 nitrogen and oxygen atoms in total. The predicted molar refractivity (Wildman–Crippen MR) is 92.9 cm³/mol. The third-order valence-corrected chi connectivity index (χ3v) is 3.72. The predicted octanol–water partition coefficient (Wildman–Crippen LogP) is 3.11. The van der Waals surface area contributed by atoms with Crippen molar-refractivity contribution in [1.82, 2.24) is 10.6 Å². The van der Waals surface area contributed by atoms with E-state index in [1.165, 1.54) is 0 Å². The highest BCUT2D eigenvalue weighted by atomic mass is 16.4. The molecular formula is C19H20N2O4. The minimum atomic E-state index is -0.927. The molecule has 1 aromatic carbocycles. The first-order valence-corrected chi connectivity index (χ1v) is 8.09. The van der Waals surface area contributed by atoms with Gasteiger partial charge in [0.05, 0.1) is 12.8 Å². The highest BCUT2D eigenvalue weighted by Gasteiger charge is 2.15. The van der Waals surface area contributed by atoms with Gasteiger partial charge < -0.3 is 24.6 Å². The number of amides is 2. The first-order valence-electron chi connectivity index (χ1n) is 8.09. The molecule has 0 bridgehead atoms. The number of aliphatic hydroxyl groups excluding tert-OH is 1. The van der Waals surface area contributed by atoms with Crippen molar-refractivity contribution < 1.29 is 18.7 Å². The van der Waals surface area contributed by atoms with Crippen LogP contribution in [0.2, 0.25) is 0 Å². The summed E-state index contributed by atoms with van der Waals surface area (Å²) in [6.45, 7) is 0.581. The standard InChI is InChI=1S/C19H20N2O4/c22-15(16-8-9-18(25-16)17-7-4-12-24-17)13-21-19(23)20-11-10-14-5-2-1-3-6-14/h1-9,12,15,22H,10-11,13H2,(H2,20,21,23). The Balaban J connectivity index is 1.41. The molecule has 1 atom stereocenters. The molecule has 0 fully saturated rings. The van der Waals surface area contributed by atoms with Gasteiger partial charge in [-0.05, 0) is 36.2 Å². The molecule has 3 aromatic rings. The smallest absolute Gasteiger partial charge is 0.314 e. The molecule has 2 aromatic heterocycles. The Morgan fingerprint density at radius 2 is 1.84 bits per heavy atom. The maximum Gasteiger partial charge on any atom is 0.314 e. The fourth-order valence-corrected chi connectivity index (χ4v) is 2.40. The SMILES string of the molecule is O=C(NCCc1ccccc1)NCC(O)c1ccc(-c2ccco2)o1. The second-order valence-electron chi connectivity index (χ2n) is 5.57. The van der Waals surface area contributed by atoms with Gasteiger partial charge in [0.2, 0.25) is 0 Å². The van der Waals surface area contributed by atoms with Crippen molar-refractivity contribution in [2.24, 2.45) is 0 Å². The zero-order valence-electron chi connectivity index (χ0n) is 13.6. The van der Waals surface area contributed by atoms with Crippen molar-refractivity contribution in [2.45, 2.75) is 12.5 Å². The molecule has 3 N–H and O–H groups in total. The lowest BCUT2D eigenvalue weighted by Gasteiger charge is -2.11. The molecule has 6 heteroatoms. The maximum atomic E-state index is 11.8. The Labute approximate surface area is 145 Å². The van der Waals surface area contributed by atoms with E-state index in [4.69, 9.17) is 8.83 Å². The molecule has 0 radical (unpaired) electrons. The Bertz CT molecular complexity index is 781. The molecule has 0 aliphatic heterocycles. The van der Waals surface area contributed by atoms with Crippen molar-refractivity contribution in [3.63, 3.8) is 0 Å². The summed E-state index contributed by atoms with van der Waals surface area (Å²) < 4.78 is 10.8. The zero-order chi connectivity index (χ0) is 17.5. The van der Waals surface area contributed by atoms with Gasteiger partial charge in [-0.2, -0.15) is 0 Å². The fourth-order valence-electron chi connectivity index (χ4n) is 2.40. The Morgan fingerprint density at radius 1 is 1.00 bits per heavy atom. The Kier molecular flexibility index (Phi) is 5.53. The van der Waals surface area contributed by atoms with Crippen LogP contribution in [0.1, 0.15) is 17.4 Å². The van der Waals surface area contributed by atoms with Gasteiger partial charge in [0.25, 0.3) is 0 Å². The molecule has 130 valence electrons. The van der Waals surface area contributed by atoms with Crippen molar-refractivity contribution in [3.05, 3.63) is 72.2 Å². The van der Waals surface area contributed by atoms with Crippen molar-refractivity contribution >= 4 is 6.03 Å². The van der Waals surface area contributed by atoms with Gasteiger partial charge in [-0.15, -0.1) is 0 Å². The lowest BCUT2D eigenvalue weighted by Crippen LogP contribution is -2.38. The van der Waals surface area contributed by atoms with Crippen LogP contribution in [-0.4, -0.2) is 24.2 Å². The van der Waals surface area contributed by atoms with Gasteiger partial charge in [-0.3, -0.25) is 0 Å². The third-order valence-electron chi connectivity index (χ3n) is 3.72. The van der Waals surface area contributed by atoms with Crippen LogP contribution >= 0.6 is 0 Å². The molecule has 2 amide bonds. The second kappa shape index (κ2) is 8.21. The van der Waals surface area contributed by atoms with Gasteiger partial charge >= 0.3 is 6.03 Å². The third kappa shape index (κ3) is 4.74. The molecule has 0 aliphatic carbocycles. The average molecular weight is 340 g/mol. The van der Waals surface area contributed by atoms with Crippen LogP contribution in [0.3, 0.4) is 0 Å². The molecule has 0 aliphatic rings. The summed E-state index contributed by atoms with van der Waals surface area (Å²) in [6.07, 6.45) is 1.38. The van der Waals surface area contributed by atoms with E-state index in [0.717, 1.165) is 12.0 Å². The van der Waals surface area contributed by atoms with E-state index in [1.54, 1.807) is 30.5 Å². The van der Waals surface area contributed by atoms with E-state index in [-0.39, 0.29) is 12.6 Å². The van der Waals surface area contributed by atoms with Gasteiger partial charge in [0, 0.05) is 6.54 Å². The minimum Gasteiger partial charge on any atom is -0.461 e. The molecule has 25 heavy (non-hydrogen) atoms. The number of carbonyl (C=O) groups excluding carboxylic acids is 1. The van der Waals surface area contributed by atoms with E-state index >= 15 is 0 Å². The lowest BCUT2D eigenvalue weighted by molar-refractivity contribution is 0.148. The highest BCUT2D eigenvalue weighted by Crippen LogP contribution is 2.25. The topological polar surface area (TPSA) is 87.6 Å². The van der Waals surface area contributed by atoms with Gasteiger partial charge in [0.15, 0.2) is 11.5 Å². The van der Waals surface area contributed by atoms with E-state index in [9.17, 15) is 9.90 Å². The number of furan rings is 2. The van der Waals surface area contributed by atoms with E-state index in [0.29, 0.717) is 23.8 Å². The van der Waals surface area contributed by atoms with Crippen LogP contribution in [0.25, 0.3) is 11.5 Å². The van der Waals surface area contributed by atoms with Crippen LogP contribution < -0.4 is 10.6 Å². The molecule has 0 saturated heterocycles. The monoisotopic (exact) mass is 340 g/mol. The number of aliphatic hydroxyl groups is 1. The summed E-state index contributed by atoms with van der Waals surface area (Å²) >= 11 is 0. The van der Waals surface area contributed by atoms with E-state index in [1.807, 2.05) is 30.3 Å². The molecule has 0 saturated carbocycles. The quantitative estimate of drug-likeness (QED) is 0.617. The van der Waals surface area contributed by atoms with Crippen molar-refractivity contribution in [3.8, 4) is 11.5 Å². The normalized spacial score (nSPS) is 11.9. The molecule has 3 rings (SSSR count). The lowest BCUT2D eigenvalue weighted by atomic mass is 10.1. The summed E-state index contributed by atoms with van der Waals surface area (Å²) in [5.41, 5.74) is 1.16. The number of nitrogens with one attached hydrogen (secondary N) is 2. The van der Waals surface area contributed by atoms with Gasteiger partial charge in [-0.1, -0.05) is 30.3 Å². The van der Waals surface area contributed by atoms with E-state index < -0.39 is 6.10 Å². The number of hydrogen-bond acceptors (Lipinski definition) is 4. The summed E-state index contributed by atoms with van der Waals surface area (Å²) in [5.74, 6) is 1.49. The molecule has 1 unspecified atom stereocenters. The minimum absolute atomic E-state index is 0.0578. The number of rotatable bonds is 7. The summed E-state index contributed by atoms with van der Waals surface area (Å²) in [7, 11) is 0. The van der Waals surface area contributed by atoms with E-state index in [2.05, 4.69) is 10.6 Å². The molecule has 2 heterocycles. The second-order valence-corrected chi connectivity index (χ2v) is 5.57. The molecular weight excluding hydrogens is 320 g/mol. The summed E-state index contributed by atoms with van der Waals surface area (Å²) in [6, 6.07) is 16.5. The van der Waals surface area contributed by atoms with Crippen LogP contribution in [0, 0.1) is 0 Å². The van der Waals surface area contributed by atoms with Crippen LogP contribution in [-0.2, 0) is 6.42 Å². The first-order chi connectivity index (χ1) is 12.2. The van der Waals surface area contributed by atoms with Gasteiger partial charge in [0.1, 0.15) is 11.9 Å². The fraction of sp³-hybridized carbons (Fsp3) is 0.211. The number of benzene rings is 1. The Morgan fingerprint density at radius 3 is 2.60 bits per heavy atom. The van der Waals surface area contributed by atoms with Gasteiger partial charge in [-0.25, -0.2) is 4.79 Å². The summed E-state index contributed by atoms with van der Waals surface area (Å²) in [5, 5.41) is 15.5. The first kappa shape index (κ1) is 16.9. The number of carbonyl (C=O) groups is 1. The van der Waals surface area contributed by atoms with Crippen molar-refractivity contribution in [1.29, 1.82) is 0 Å². The Hall–Kier alpha value is -2.99. The maximum absolute atomic E-state index is 11.8. The van der Waals surface area contributed by atoms with Crippen LogP contribution in [0.15, 0.2) is 69.7 Å². The van der Waals surface area contributed by atoms with Crippen LogP contribution in [0.5, 0.6) is 0 Å². The number of hydrogen-bond donors (Lipinski definition) is 3. The van der Waals surface area contributed by atoms with Crippen molar-refractivity contribution in [2.75, 3.05) is 13.1 Å². The molecule has 0 spiro atoms. The van der Waals surface area contributed by atoms with Crippen LogP contribution in [0.4, 0.5) is 4.79 Å². The summed E-state index contributed by atoms with van der Waals surface area (Å²) in [4.78, 5) is 11.8. The highest BCUT2D eigenvalue weighted by molar-refractivity contribution is 5.73. The largest absolute Gasteiger partial charge is 0.461 e. The number of urea groups is 1. The zero-order valence-corrected chi connectivity index (χ0v) is 13.6.